The quantitative estimate of drug-likeness (QED) is 0.787. The Morgan fingerprint density at radius 1 is 1.47 bits per heavy atom. The minimum absolute atomic E-state index is 0.504. The summed E-state index contributed by atoms with van der Waals surface area (Å²) in [7, 11) is 1.05. The van der Waals surface area contributed by atoms with Crippen LogP contribution in [0.15, 0.2) is 6.07 Å². The van der Waals surface area contributed by atoms with Gasteiger partial charge in [-0.15, -0.1) is 0 Å². The van der Waals surface area contributed by atoms with Crippen LogP contribution in [0.5, 0.6) is 5.75 Å². The standard InChI is InChI=1S/C10H10F3NO3/c1-17-6-2-5(11)8(12)7(9(6)13)4(3-14)10(15)16/h2,4H,3,14H2,1H3,(H,15,16). The highest BCUT2D eigenvalue weighted by atomic mass is 19.2. The van der Waals surface area contributed by atoms with Gasteiger partial charge in [0, 0.05) is 18.2 Å². The van der Waals surface area contributed by atoms with Gasteiger partial charge in [0.25, 0.3) is 0 Å². The minimum atomic E-state index is -1.67. The fourth-order valence-corrected chi connectivity index (χ4v) is 1.40. The molecule has 94 valence electrons. The van der Waals surface area contributed by atoms with E-state index in [2.05, 4.69) is 4.74 Å². The maximum absolute atomic E-state index is 13.7. The van der Waals surface area contributed by atoms with E-state index in [0.29, 0.717) is 6.07 Å². The molecule has 7 heteroatoms. The van der Waals surface area contributed by atoms with Gasteiger partial charge in [0.05, 0.1) is 13.0 Å². The Hall–Kier alpha value is -1.76. The first-order valence-electron chi connectivity index (χ1n) is 4.58. The molecule has 4 nitrogen and oxygen atoms in total. The zero-order valence-electron chi connectivity index (χ0n) is 8.84. The predicted octanol–water partition coefficient (Wildman–Crippen LogP) is 1.24. The summed E-state index contributed by atoms with van der Waals surface area (Å²) in [6, 6.07) is 0.504. The smallest absolute Gasteiger partial charge is 0.312 e. The Morgan fingerprint density at radius 3 is 2.47 bits per heavy atom. The van der Waals surface area contributed by atoms with Gasteiger partial charge < -0.3 is 15.6 Å². The molecule has 1 aromatic rings. The van der Waals surface area contributed by atoms with Crippen molar-refractivity contribution in [2.24, 2.45) is 5.73 Å². The molecule has 0 heterocycles. The fraction of sp³-hybridized carbons (Fsp3) is 0.300. The Kier molecular flexibility index (Phi) is 3.95. The van der Waals surface area contributed by atoms with Crippen LogP contribution in [0.3, 0.4) is 0 Å². The van der Waals surface area contributed by atoms with Crippen molar-refractivity contribution in [1.29, 1.82) is 0 Å². The van der Waals surface area contributed by atoms with Gasteiger partial charge in [-0.25, -0.2) is 13.2 Å². The van der Waals surface area contributed by atoms with E-state index < -0.39 is 47.2 Å². The van der Waals surface area contributed by atoms with Crippen molar-refractivity contribution in [1.82, 2.24) is 0 Å². The highest BCUT2D eigenvalue weighted by Crippen LogP contribution is 2.30. The van der Waals surface area contributed by atoms with Crippen molar-refractivity contribution in [3.8, 4) is 5.75 Å². The van der Waals surface area contributed by atoms with Crippen LogP contribution in [-0.4, -0.2) is 24.7 Å². The Morgan fingerprint density at radius 2 is 2.06 bits per heavy atom. The van der Waals surface area contributed by atoms with Crippen LogP contribution in [0.4, 0.5) is 13.2 Å². The number of aliphatic carboxylic acids is 1. The summed E-state index contributed by atoms with van der Waals surface area (Å²) in [5, 5.41) is 8.75. The normalized spacial score (nSPS) is 12.3. The number of rotatable bonds is 4. The second-order valence-corrected chi connectivity index (χ2v) is 3.23. The molecule has 0 amide bonds. The average Bonchev–Trinajstić information content (AvgIpc) is 2.28. The third-order valence-corrected chi connectivity index (χ3v) is 2.26. The summed E-state index contributed by atoms with van der Waals surface area (Å²) >= 11 is 0. The third kappa shape index (κ3) is 2.33. The second kappa shape index (κ2) is 5.05. The molecular formula is C10H10F3NO3. The molecule has 0 aliphatic heterocycles. The largest absolute Gasteiger partial charge is 0.494 e. The zero-order valence-corrected chi connectivity index (χ0v) is 8.84. The lowest BCUT2D eigenvalue weighted by molar-refractivity contribution is -0.138. The molecular weight excluding hydrogens is 239 g/mol. The molecule has 1 atom stereocenters. The lowest BCUT2D eigenvalue weighted by Gasteiger charge is -2.14. The van der Waals surface area contributed by atoms with Gasteiger partial charge in [-0.2, -0.15) is 0 Å². The molecule has 0 aliphatic carbocycles. The fourth-order valence-electron chi connectivity index (χ4n) is 1.40. The van der Waals surface area contributed by atoms with Gasteiger partial charge in [-0.05, 0) is 0 Å². The van der Waals surface area contributed by atoms with Crippen LogP contribution < -0.4 is 10.5 Å². The van der Waals surface area contributed by atoms with Crippen molar-refractivity contribution >= 4 is 5.97 Å². The number of carboxylic acids is 1. The lowest BCUT2D eigenvalue weighted by atomic mass is 9.97. The first kappa shape index (κ1) is 13.3. The number of carboxylic acid groups (broad SMARTS) is 1. The Labute approximate surface area is 94.8 Å². The Balaban J connectivity index is 3.49. The van der Waals surface area contributed by atoms with Gasteiger partial charge in [0.2, 0.25) is 0 Å². The molecule has 0 fully saturated rings. The molecule has 0 spiro atoms. The number of hydrogen-bond donors (Lipinski definition) is 2. The molecule has 3 N–H and O–H groups in total. The number of halogens is 3. The second-order valence-electron chi connectivity index (χ2n) is 3.23. The number of hydrogen-bond acceptors (Lipinski definition) is 3. The summed E-state index contributed by atoms with van der Waals surface area (Å²) in [5.74, 6) is -8.00. The van der Waals surface area contributed by atoms with Crippen LogP contribution in [0.2, 0.25) is 0 Å². The first-order valence-corrected chi connectivity index (χ1v) is 4.58. The van der Waals surface area contributed by atoms with E-state index in [1.165, 1.54) is 0 Å². The van der Waals surface area contributed by atoms with Crippen LogP contribution in [0.25, 0.3) is 0 Å². The lowest BCUT2D eigenvalue weighted by Crippen LogP contribution is -2.24. The van der Waals surface area contributed by atoms with Gasteiger partial charge in [0.15, 0.2) is 23.2 Å². The van der Waals surface area contributed by atoms with Crippen LogP contribution >= 0.6 is 0 Å². The number of carbonyl (C=O) groups is 1. The number of methoxy groups -OCH3 is 1. The molecule has 0 aliphatic rings. The van der Waals surface area contributed by atoms with Crippen LogP contribution in [-0.2, 0) is 4.79 Å². The maximum Gasteiger partial charge on any atom is 0.312 e. The van der Waals surface area contributed by atoms with Crippen molar-refractivity contribution < 1.29 is 27.8 Å². The molecule has 1 rings (SSSR count). The van der Waals surface area contributed by atoms with E-state index in [0.717, 1.165) is 7.11 Å². The average molecular weight is 249 g/mol. The molecule has 1 aromatic carbocycles. The Bertz CT molecular complexity index is 451. The van der Waals surface area contributed by atoms with E-state index >= 15 is 0 Å². The summed E-state index contributed by atoms with van der Waals surface area (Å²) in [4.78, 5) is 10.8. The van der Waals surface area contributed by atoms with E-state index in [1.54, 1.807) is 0 Å². The SMILES string of the molecule is COc1cc(F)c(F)c(C(CN)C(=O)O)c1F. The molecule has 0 saturated heterocycles. The van der Waals surface area contributed by atoms with E-state index in [4.69, 9.17) is 10.8 Å². The topological polar surface area (TPSA) is 72.5 Å². The number of nitrogens with two attached hydrogens (primary N) is 1. The van der Waals surface area contributed by atoms with Crippen molar-refractivity contribution in [3.05, 3.63) is 29.1 Å². The molecule has 1 unspecified atom stereocenters. The number of ether oxygens (including phenoxy) is 1. The van der Waals surface area contributed by atoms with Gasteiger partial charge in [-0.1, -0.05) is 0 Å². The molecule has 0 radical (unpaired) electrons. The predicted molar refractivity (Wildman–Crippen MR) is 52.3 cm³/mol. The summed E-state index contributed by atoms with van der Waals surface area (Å²) in [6.07, 6.45) is 0. The van der Waals surface area contributed by atoms with E-state index in [-0.39, 0.29) is 0 Å². The highest BCUT2D eigenvalue weighted by Gasteiger charge is 2.30. The first-order chi connectivity index (χ1) is 7.93. The highest BCUT2D eigenvalue weighted by molar-refractivity contribution is 5.76. The summed E-state index contributed by atoms with van der Waals surface area (Å²) < 4.78 is 44.6. The van der Waals surface area contributed by atoms with E-state index in [1.807, 2.05) is 0 Å². The molecule has 17 heavy (non-hydrogen) atoms. The molecule has 0 saturated carbocycles. The van der Waals surface area contributed by atoms with Gasteiger partial charge in [-0.3, -0.25) is 4.79 Å². The zero-order chi connectivity index (χ0) is 13.2. The molecule has 0 bridgehead atoms. The third-order valence-electron chi connectivity index (χ3n) is 2.26. The van der Waals surface area contributed by atoms with Crippen LogP contribution in [0.1, 0.15) is 11.5 Å². The molecule has 0 aromatic heterocycles. The number of benzene rings is 1. The summed E-state index contributed by atoms with van der Waals surface area (Å²) in [6.45, 7) is -0.560. The van der Waals surface area contributed by atoms with Crippen LogP contribution in [0, 0.1) is 17.5 Å². The minimum Gasteiger partial charge on any atom is -0.494 e. The van der Waals surface area contributed by atoms with Gasteiger partial charge in [0.1, 0.15) is 0 Å². The van der Waals surface area contributed by atoms with Gasteiger partial charge >= 0.3 is 5.97 Å². The van der Waals surface area contributed by atoms with Crippen molar-refractivity contribution in [2.45, 2.75) is 5.92 Å². The maximum atomic E-state index is 13.7. The van der Waals surface area contributed by atoms with Crippen molar-refractivity contribution in [3.63, 3.8) is 0 Å². The van der Waals surface area contributed by atoms with E-state index in [9.17, 15) is 18.0 Å². The summed E-state index contributed by atoms with van der Waals surface area (Å²) in [5.41, 5.74) is 4.17. The van der Waals surface area contributed by atoms with Crippen molar-refractivity contribution in [2.75, 3.05) is 13.7 Å². The monoisotopic (exact) mass is 249 g/mol.